The van der Waals surface area contributed by atoms with E-state index in [0.29, 0.717) is 23.0 Å². The number of benzene rings is 2. The van der Waals surface area contributed by atoms with E-state index in [4.69, 9.17) is 23.2 Å². The van der Waals surface area contributed by atoms with Gasteiger partial charge in [-0.1, -0.05) is 47.5 Å². The molecule has 2 rings (SSSR count). The van der Waals surface area contributed by atoms with Gasteiger partial charge in [-0.15, -0.1) is 0 Å². The topological polar surface area (TPSA) is 86.8 Å². The maximum absolute atomic E-state index is 13.1. The predicted octanol–water partition coefficient (Wildman–Crippen LogP) is 3.95. The summed E-state index contributed by atoms with van der Waals surface area (Å²) in [5.41, 5.74) is 0.734. The Hall–Kier alpha value is -2.13. The number of halogens is 2. The van der Waals surface area contributed by atoms with Crippen LogP contribution in [-0.2, 0) is 26.2 Å². The summed E-state index contributed by atoms with van der Waals surface area (Å²) in [6.07, 6.45) is 0.390. The number of carbonyl (C=O) groups excluding carboxylic acids is 2. The lowest BCUT2D eigenvalue weighted by Crippen LogP contribution is -2.47. The van der Waals surface area contributed by atoms with Gasteiger partial charge in [-0.25, -0.2) is 12.7 Å². The summed E-state index contributed by atoms with van der Waals surface area (Å²) in [4.78, 5) is 27.2. The number of hydrogen-bond donors (Lipinski definition) is 1. The smallest absolute Gasteiger partial charge is 0.242 e. The first-order chi connectivity index (χ1) is 15.6. The van der Waals surface area contributed by atoms with Gasteiger partial charge in [0.2, 0.25) is 21.8 Å². The Labute approximate surface area is 205 Å². The van der Waals surface area contributed by atoms with E-state index in [1.165, 1.54) is 28.4 Å². The van der Waals surface area contributed by atoms with Crippen molar-refractivity contribution in [1.82, 2.24) is 14.5 Å². The molecule has 2 aromatic carbocycles. The molecule has 0 aromatic heterocycles. The minimum Gasteiger partial charge on any atom is -0.355 e. The van der Waals surface area contributed by atoms with Crippen LogP contribution in [0.3, 0.4) is 0 Å². The minimum atomic E-state index is -3.63. The Morgan fingerprint density at radius 2 is 1.73 bits per heavy atom. The fourth-order valence-electron chi connectivity index (χ4n) is 3.23. The fraction of sp³-hybridized carbons (Fsp3) is 0.391. The SMILES string of the molecule is CCNC(=O)[C@@H](C)N(Cc1ccc(Cl)c(Cl)c1)C(=O)CCCN(C)S(=O)(=O)c1ccccc1. The molecular formula is C23H29Cl2N3O4S. The molecule has 0 aliphatic heterocycles. The molecule has 0 spiro atoms. The third-order valence-electron chi connectivity index (χ3n) is 5.17. The lowest BCUT2D eigenvalue weighted by atomic mass is 10.1. The molecule has 2 aromatic rings. The highest BCUT2D eigenvalue weighted by Crippen LogP contribution is 2.24. The molecular weight excluding hydrogens is 485 g/mol. The van der Waals surface area contributed by atoms with Gasteiger partial charge in [0.1, 0.15) is 6.04 Å². The van der Waals surface area contributed by atoms with Crippen molar-refractivity contribution in [3.8, 4) is 0 Å². The van der Waals surface area contributed by atoms with Gasteiger partial charge >= 0.3 is 0 Å². The van der Waals surface area contributed by atoms with E-state index in [1.807, 2.05) is 0 Å². The molecule has 0 saturated carbocycles. The minimum absolute atomic E-state index is 0.0831. The summed E-state index contributed by atoms with van der Waals surface area (Å²) >= 11 is 12.1. The molecule has 1 N–H and O–H groups in total. The number of amides is 2. The van der Waals surface area contributed by atoms with E-state index in [0.717, 1.165) is 5.56 Å². The lowest BCUT2D eigenvalue weighted by Gasteiger charge is -2.29. The maximum atomic E-state index is 13.1. The standard InChI is InChI=1S/C23H29Cl2N3O4S/c1-4-26-23(30)17(2)28(16-18-12-13-20(24)21(25)15-18)22(29)11-8-14-27(3)33(31,32)19-9-6-5-7-10-19/h5-7,9-10,12-13,15,17H,4,8,11,14,16H2,1-3H3,(H,26,30)/t17-/m1/s1. The van der Waals surface area contributed by atoms with Crippen molar-refractivity contribution in [1.29, 1.82) is 0 Å². The second-order valence-electron chi connectivity index (χ2n) is 7.58. The second kappa shape index (κ2) is 12.4. The third kappa shape index (κ3) is 7.43. The quantitative estimate of drug-likeness (QED) is 0.492. The van der Waals surface area contributed by atoms with Crippen LogP contribution in [0.2, 0.25) is 10.0 Å². The molecule has 7 nitrogen and oxygen atoms in total. The van der Waals surface area contributed by atoms with Gasteiger partial charge in [0, 0.05) is 33.1 Å². The monoisotopic (exact) mass is 513 g/mol. The lowest BCUT2D eigenvalue weighted by molar-refractivity contribution is -0.140. The van der Waals surface area contributed by atoms with Crippen molar-refractivity contribution in [3.05, 3.63) is 64.1 Å². The molecule has 180 valence electrons. The van der Waals surface area contributed by atoms with Crippen LogP contribution in [-0.4, -0.2) is 55.6 Å². The summed E-state index contributed by atoms with van der Waals surface area (Å²) in [5.74, 6) is -0.528. The highest BCUT2D eigenvalue weighted by atomic mass is 35.5. The normalized spacial score (nSPS) is 12.4. The van der Waals surface area contributed by atoms with E-state index in [2.05, 4.69) is 5.32 Å². The summed E-state index contributed by atoms with van der Waals surface area (Å²) in [7, 11) is -2.15. The number of nitrogens with zero attached hydrogens (tertiary/aromatic N) is 2. The highest BCUT2D eigenvalue weighted by Gasteiger charge is 2.26. The first-order valence-corrected chi connectivity index (χ1v) is 12.8. The van der Waals surface area contributed by atoms with Gasteiger partial charge in [0.15, 0.2) is 0 Å². The van der Waals surface area contributed by atoms with Gasteiger partial charge < -0.3 is 10.2 Å². The molecule has 0 fully saturated rings. The van der Waals surface area contributed by atoms with Crippen molar-refractivity contribution in [3.63, 3.8) is 0 Å². The van der Waals surface area contributed by atoms with Gasteiger partial charge in [-0.3, -0.25) is 9.59 Å². The van der Waals surface area contributed by atoms with E-state index in [1.54, 1.807) is 50.2 Å². The van der Waals surface area contributed by atoms with Crippen LogP contribution in [0, 0.1) is 0 Å². The van der Waals surface area contributed by atoms with Gasteiger partial charge in [-0.2, -0.15) is 0 Å². The largest absolute Gasteiger partial charge is 0.355 e. The number of nitrogens with one attached hydrogen (secondary N) is 1. The van der Waals surface area contributed by atoms with Gasteiger partial charge in [0.05, 0.1) is 14.9 Å². The van der Waals surface area contributed by atoms with E-state index in [-0.39, 0.29) is 36.2 Å². The number of hydrogen-bond acceptors (Lipinski definition) is 4. The van der Waals surface area contributed by atoms with Crippen molar-refractivity contribution in [2.24, 2.45) is 0 Å². The van der Waals surface area contributed by atoms with Crippen LogP contribution in [0.25, 0.3) is 0 Å². The molecule has 0 heterocycles. The molecule has 1 atom stereocenters. The average Bonchev–Trinajstić information content (AvgIpc) is 2.79. The molecule has 0 unspecified atom stereocenters. The number of rotatable bonds is 11. The number of likely N-dealkylation sites (N-methyl/N-ethyl adjacent to an activating group) is 1. The zero-order chi connectivity index (χ0) is 24.6. The van der Waals surface area contributed by atoms with Crippen LogP contribution >= 0.6 is 23.2 Å². The zero-order valence-electron chi connectivity index (χ0n) is 18.9. The first kappa shape index (κ1) is 27.1. The third-order valence-corrected chi connectivity index (χ3v) is 7.78. The fourth-order valence-corrected chi connectivity index (χ4v) is 4.78. The summed E-state index contributed by atoms with van der Waals surface area (Å²) < 4.78 is 26.6. The van der Waals surface area contributed by atoms with E-state index < -0.39 is 16.1 Å². The molecule has 33 heavy (non-hydrogen) atoms. The van der Waals surface area contributed by atoms with E-state index >= 15 is 0 Å². The Morgan fingerprint density at radius 1 is 1.06 bits per heavy atom. The zero-order valence-corrected chi connectivity index (χ0v) is 21.3. The highest BCUT2D eigenvalue weighted by molar-refractivity contribution is 7.89. The number of carbonyl (C=O) groups is 2. The maximum Gasteiger partial charge on any atom is 0.242 e. The van der Waals surface area contributed by atoms with Gasteiger partial charge in [-0.05, 0) is 50.1 Å². The molecule has 0 bridgehead atoms. The Bertz CT molecular complexity index is 1060. The van der Waals surface area contributed by atoms with Crippen molar-refractivity contribution in [2.45, 2.75) is 44.2 Å². The molecule has 0 aliphatic rings. The van der Waals surface area contributed by atoms with Crippen molar-refractivity contribution in [2.75, 3.05) is 20.1 Å². The van der Waals surface area contributed by atoms with Crippen LogP contribution in [0.1, 0.15) is 32.3 Å². The van der Waals surface area contributed by atoms with Crippen LogP contribution in [0.5, 0.6) is 0 Å². The Morgan fingerprint density at radius 3 is 2.33 bits per heavy atom. The summed E-state index contributed by atoms with van der Waals surface area (Å²) in [5, 5.41) is 3.49. The molecule has 2 amide bonds. The first-order valence-electron chi connectivity index (χ1n) is 10.6. The Balaban J connectivity index is 2.09. The number of sulfonamides is 1. The van der Waals surface area contributed by atoms with Crippen LogP contribution in [0.15, 0.2) is 53.4 Å². The Kier molecular flexibility index (Phi) is 10.2. The van der Waals surface area contributed by atoms with Crippen LogP contribution < -0.4 is 5.32 Å². The van der Waals surface area contributed by atoms with E-state index in [9.17, 15) is 18.0 Å². The van der Waals surface area contributed by atoms with Gasteiger partial charge in [0.25, 0.3) is 0 Å². The molecule has 0 radical (unpaired) electrons. The van der Waals surface area contributed by atoms with Crippen LogP contribution in [0.4, 0.5) is 0 Å². The molecule has 0 aliphatic carbocycles. The second-order valence-corrected chi connectivity index (χ2v) is 10.4. The predicted molar refractivity (Wildman–Crippen MR) is 131 cm³/mol. The summed E-state index contributed by atoms with van der Waals surface area (Å²) in [6.45, 7) is 4.25. The van der Waals surface area contributed by atoms with Crippen molar-refractivity contribution < 1.29 is 18.0 Å². The summed E-state index contributed by atoms with van der Waals surface area (Å²) in [6, 6.07) is 12.5. The van der Waals surface area contributed by atoms with Crippen molar-refractivity contribution >= 4 is 45.0 Å². The molecule has 10 heteroatoms. The molecule has 0 saturated heterocycles. The average molecular weight is 514 g/mol.